The Labute approximate surface area is 180 Å². The second-order valence-corrected chi connectivity index (χ2v) is 9.05. The van der Waals surface area contributed by atoms with Gasteiger partial charge >= 0.3 is 0 Å². The quantitative estimate of drug-likeness (QED) is 0.686. The maximum absolute atomic E-state index is 6.24. The molecule has 3 heterocycles. The van der Waals surface area contributed by atoms with Gasteiger partial charge in [-0.3, -0.25) is 0 Å². The molecule has 7 nitrogen and oxygen atoms in total. The summed E-state index contributed by atoms with van der Waals surface area (Å²) in [6, 6.07) is 13.9. The lowest BCUT2D eigenvalue weighted by Crippen LogP contribution is -2.31. The van der Waals surface area contributed by atoms with E-state index in [1.165, 1.54) is 0 Å². The molecule has 2 aliphatic rings. The number of aliphatic imine (C=N–C) groups is 1. The van der Waals surface area contributed by atoms with Gasteiger partial charge in [0.05, 0.1) is 19.0 Å². The summed E-state index contributed by atoms with van der Waals surface area (Å²) < 4.78 is 18.0. The van der Waals surface area contributed by atoms with E-state index in [0.717, 1.165) is 39.5 Å². The van der Waals surface area contributed by atoms with Crippen LogP contribution in [0.5, 0.6) is 17.2 Å². The zero-order chi connectivity index (χ0) is 21.6. The van der Waals surface area contributed by atoms with Crippen LogP contribution in [0.1, 0.15) is 31.9 Å². The molecule has 2 aliphatic heterocycles. The lowest BCUT2D eigenvalue weighted by molar-refractivity contribution is 0.197. The fraction of sp³-hybridized carbons (Fsp3) is 0.292. The minimum atomic E-state index is -0.801. The third-order valence-corrected chi connectivity index (χ3v) is 5.36. The van der Waals surface area contributed by atoms with Gasteiger partial charge in [0.25, 0.3) is 6.02 Å². The summed E-state index contributed by atoms with van der Waals surface area (Å²) in [6.45, 7) is 7.30. The van der Waals surface area contributed by atoms with E-state index in [9.17, 15) is 0 Å². The first-order valence-corrected chi connectivity index (χ1v) is 10.2. The summed E-state index contributed by atoms with van der Waals surface area (Å²) in [5.41, 5.74) is 8.94. The predicted molar refractivity (Wildman–Crippen MR) is 117 cm³/mol. The van der Waals surface area contributed by atoms with Crippen LogP contribution in [0.25, 0.3) is 11.1 Å². The number of nitrogens with two attached hydrogens (primary N) is 1. The minimum absolute atomic E-state index is 0.0449. The number of ether oxygens (including phenoxy) is 3. The van der Waals surface area contributed by atoms with Gasteiger partial charge in [0, 0.05) is 16.7 Å². The fourth-order valence-electron chi connectivity index (χ4n) is 3.86. The summed E-state index contributed by atoms with van der Waals surface area (Å²) in [6.07, 6.45) is 3.40. The largest absolute Gasteiger partial charge is 0.493 e. The molecule has 7 heteroatoms. The number of hydrogen-bond donors (Lipinski definition) is 1. The molecule has 2 aromatic carbocycles. The number of hydrogen-bond acceptors (Lipinski definition) is 7. The summed E-state index contributed by atoms with van der Waals surface area (Å²) in [4.78, 5) is 4.76. The Morgan fingerprint density at radius 1 is 1.00 bits per heavy atom. The topological polar surface area (TPSA) is 91.9 Å². The van der Waals surface area contributed by atoms with Crippen LogP contribution in [0.3, 0.4) is 0 Å². The Balaban J connectivity index is 1.63. The summed E-state index contributed by atoms with van der Waals surface area (Å²) in [7, 11) is 0. The van der Waals surface area contributed by atoms with Gasteiger partial charge in [0.2, 0.25) is 0 Å². The van der Waals surface area contributed by atoms with Gasteiger partial charge in [-0.2, -0.15) is 10.2 Å². The SMILES string of the molecule is CC(C)(C)COc1ccc2c(c1)[C@]1(COC(N)=N1)c1cc(-c3ccnnc3)ccc1O2. The Hall–Kier alpha value is -3.61. The average Bonchev–Trinajstić information content (AvgIpc) is 3.15. The van der Waals surface area contributed by atoms with E-state index >= 15 is 0 Å². The second kappa shape index (κ2) is 6.97. The lowest BCUT2D eigenvalue weighted by Gasteiger charge is -2.34. The number of amidine groups is 1. The van der Waals surface area contributed by atoms with Crippen molar-refractivity contribution in [3.8, 4) is 28.4 Å². The van der Waals surface area contributed by atoms with E-state index in [-0.39, 0.29) is 11.4 Å². The molecule has 2 N–H and O–H groups in total. The first-order valence-electron chi connectivity index (χ1n) is 10.2. The van der Waals surface area contributed by atoms with Crippen LogP contribution in [-0.2, 0) is 10.3 Å². The number of rotatable bonds is 3. The van der Waals surface area contributed by atoms with Crippen molar-refractivity contribution in [2.45, 2.75) is 26.3 Å². The van der Waals surface area contributed by atoms with Crippen LogP contribution in [-0.4, -0.2) is 29.4 Å². The molecule has 31 heavy (non-hydrogen) atoms. The van der Waals surface area contributed by atoms with Crippen LogP contribution in [0, 0.1) is 5.41 Å². The number of nitrogens with zero attached hydrogens (tertiary/aromatic N) is 3. The Morgan fingerprint density at radius 2 is 1.77 bits per heavy atom. The Bertz CT molecular complexity index is 1170. The first kappa shape index (κ1) is 19.4. The van der Waals surface area contributed by atoms with Gasteiger partial charge in [0.15, 0.2) is 5.54 Å². The fourth-order valence-corrected chi connectivity index (χ4v) is 3.86. The van der Waals surface area contributed by atoms with Gasteiger partial charge < -0.3 is 19.9 Å². The average molecular weight is 416 g/mol. The minimum Gasteiger partial charge on any atom is -0.493 e. The molecule has 1 aromatic heterocycles. The number of aromatic nitrogens is 2. The van der Waals surface area contributed by atoms with E-state index < -0.39 is 5.54 Å². The molecule has 0 fully saturated rings. The van der Waals surface area contributed by atoms with Gasteiger partial charge in [0.1, 0.15) is 23.9 Å². The molecule has 0 aliphatic carbocycles. The van der Waals surface area contributed by atoms with Crippen molar-refractivity contribution in [2.75, 3.05) is 13.2 Å². The molecule has 0 radical (unpaired) electrons. The second-order valence-electron chi connectivity index (χ2n) is 9.05. The van der Waals surface area contributed by atoms with E-state index in [1.54, 1.807) is 12.4 Å². The van der Waals surface area contributed by atoms with Crippen molar-refractivity contribution in [2.24, 2.45) is 16.1 Å². The maximum Gasteiger partial charge on any atom is 0.283 e. The molecule has 3 aromatic rings. The third kappa shape index (κ3) is 3.46. The Kier molecular flexibility index (Phi) is 4.36. The number of fused-ring (bicyclic) bond motifs is 4. The van der Waals surface area contributed by atoms with Crippen molar-refractivity contribution in [1.29, 1.82) is 0 Å². The van der Waals surface area contributed by atoms with Crippen molar-refractivity contribution in [3.63, 3.8) is 0 Å². The summed E-state index contributed by atoms with van der Waals surface area (Å²) >= 11 is 0. The van der Waals surface area contributed by atoms with Gasteiger partial charge in [-0.15, -0.1) is 0 Å². The van der Waals surface area contributed by atoms with E-state index in [0.29, 0.717) is 13.2 Å². The van der Waals surface area contributed by atoms with Gasteiger partial charge in [-0.05, 0) is 47.4 Å². The van der Waals surface area contributed by atoms with E-state index in [2.05, 4.69) is 37.0 Å². The van der Waals surface area contributed by atoms with Crippen LogP contribution >= 0.6 is 0 Å². The highest BCUT2D eigenvalue weighted by molar-refractivity contribution is 5.78. The summed E-state index contributed by atoms with van der Waals surface area (Å²) in [5, 5.41) is 7.86. The van der Waals surface area contributed by atoms with Crippen LogP contribution < -0.4 is 15.2 Å². The Morgan fingerprint density at radius 3 is 2.45 bits per heavy atom. The molecule has 1 spiro atoms. The zero-order valence-corrected chi connectivity index (χ0v) is 17.8. The molecule has 0 unspecified atom stereocenters. The van der Waals surface area contributed by atoms with Crippen LogP contribution in [0.2, 0.25) is 0 Å². The van der Waals surface area contributed by atoms with Crippen molar-refractivity contribution in [3.05, 3.63) is 66.0 Å². The van der Waals surface area contributed by atoms with E-state index in [1.807, 2.05) is 36.4 Å². The monoisotopic (exact) mass is 416 g/mol. The third-order valence-electron chi connectivity index (χ3n) is 5.36. The smallest absolute Gasteiger partial charge is 0.283 e. The molecule has 0 amide bonds. The molecule has 5 rings (SSSR count). The van der Waals surface area contributed by atoms with Crippen LogP contribution in [0.4, 0.5) is 0 Å². The lowest BCUT2D eigenvalue weighted by atomic mass is 9.80. The number of benzene rings is 2. The van der Waals surface area contributed by atoms with Crippen molar-refractivity contribution >= 4 is 6.02 Å². The highest BCUT2D eigenvalue weighted by atomic mass is 16.5. The molecule has 0 saturated carbocycles. The normalized spacial score (nSPS) is 19.1. The first-order chi connectivity index (χ1) is 14.8. The van der Waals surface area contributed by atoms with E-state index in [4.69, 9.17) is 24.9 Å². The van der Waals surface area contributed by atoms with Crippen molar-refractivity contribution in [1.82, 2.24) is 10.2 Å². The molecule has 158 valence electrons. The molecule has 0 bridgehead atoms. The highest BCUT2D eigenvalue weighted by Crippen LogP contribution is 2.52. The maximum atomic E-state index is 6.24. The van der Waals surface area contributed by atoms with Gasteiger partial charge in [-0.25, -0.2) is 4.99 Å². The van der Waals surface area contributed by atoms with Gasteiger partial charge in [-0.1, -0.05) is 26.8 Å². The highest BCUT2D eigenvalue weighted by Gasteiger charge is 2.47. The molecule has 1 atom stereocenters. The standard InChI is InChI=1S/C24H24N4O3/c1-23(2,3)13-29-17-5-7-21-19(11-17)24(14-30-22(25)28-24)18-10-15(4-6-20(18)31-21)16-8-9-26-27-12-16/h4-12H,13-14H2,1-3H3,(H2,25,28)/t24-/m0/s1. The predicted octanol–water partition coefficient (Wildman–Crippen LogP) is 4.26. The molecular formula is C24H24N4O3. The molecule has 0 saturated heterocycles. The zero-order valence-electron chi connectivity index (χ0n) is 17.8. The van der Waals surface area contributed by atoms with Crippen molar-refractivity contribution < 1.29 is 14.2 Å². The summed E-state index contributed by atoms with van der Waals surface area (Å²) in [5.74, 6) is 2.20. The molecular weight excluding hydrogens is 392 g/mol. The van der Waals surface area contributed by atoms with Crippen LogP contribution in [0.15, 0.2) is 59.9 Å².